The van der Waals surface area contributed by atoms with E-state index >= 15 is 0 Å². The number of aliphatic carboxylic acids is 1. The summed E-state index contributed by atoms with van der Waals surface area (Å²) in [6.45, 7) is 5.83. The highest BCUT2D eigenvalue weighted by atomic mass is 35.5. The van der Waals surface area contributed by atoms with Gasteiger partial charge in [-0.1, -0.05) is 41.4 Å². The highest BCUT2D eigenvalue weighted by Crippen LogP contribution is 2.23. The summed E-state index contributed by atoms with van der Waals surface area (Å²) in [5, 5.41) is 13.0. The molecule has 1 aliphatic heterocycles. The van der Waals surface area contributed by atoms with E-state index in [1.807, 2.05) is 23.1 Å². The standard InChI is InChI=1S/C15H20Cl2N2O.C9H10O3S/c1-10-5-6-19(9-11(2)18-10)15(20)8-12-3-4-13(16)14(17)7-12;10-9(11)6-7-3-1-2-4-8(5-7)13-12/h3-4,7,10-11,18H,5-6,8-9H2,1-2H3;2-5,12H,1,6H2,(H,10,11)/t10-,11+;/m0./s1. The second-order valence-corrected chi connectivity index (χ2v) is 9.62. The molecule has 1 aromatic carbocycles. The predicted octanol–water partition coefficient (Wildman–Crippen LogP) is 5.57. The number of hydrogen-bond donors (Lipinski definition) is 3. The molecule has 2 atom stereocenters. The number of carbonyl (C=O) groups is 2. The Kier molecular flexibility index (Phi) is 11.5. The van der Waals surface area contributed by atoms with E-state index in [2.05, 4.69) is 19.2 Å². The van der Waals surface area contributed by atoms with Crippen molar-refractivity contribution < 1.29 is 19.2 Å². The Labute approximate surface area is 209 Å². The zero-order chi connectivity index (χ0) is 24.4. The van der Waals surface area contributed by atoms with Gasteiger partial charge in [0, 0.05) is 42.1 Å². The zero-order valence-electron chi connectivity index (χ0n) is 18.8. The number of carboxylic acid groups (broad SMARTS) is 1. The number of halogens is 2. The van der Waals surface area contributed by atoms with E-state index in [4.69, 9.17) is 32.9 Å². The van der Waals surface area contributed by atoms with E-state index in [0.29, 0.717) is 51.9 Å². The quantitative estimate of drug-likeness (QED) is 0.446. The van der Waals surface area contributed by atoms with Crippen LogP contribution in [0.5, 0.6) is 0 Å². The minimum atomic E-state index is -0.855. The summed E-state index contributed by atoms with van der Waals surface area (Å²) in [6.07, 6.45) is 9.25. The fraction of sp³-hybridized carbons (Fsp3) is 0.417. The summed E-state index contributed by atoms with van der Waals surface area (Å²) < 4.78 is 8.79. The monoisotopic (exact) mass is 512 g/mol. The van der Waals surface area contributed by atoms with Crippen LogP contribution in [0.3, 0.4) is 0 Å². The molecule has 1 amide bonds. The number of nitrogens with zero attached hydrogens (tertiary/aromatic N) is 1. The van der Waals surface area contributed by atoms with Crippen LogP contribution in [-0.4, -0.2) is 51.6 Å². The van der Waals surface area contributed by atoms with Gasteiger partial charge in [-0.25, -0.2) is 0 Å². The summed E-state index contributed by atoms with van der Waals surface area (Å²) >= 11 is 12.5. The van der Waals surface area contributed by atoms with Crippen molar-refractivity contribution in [1.29, 1.82) is 0 Å². The Hall–Kier alpha value is -1.77. The van der Waals surface area contributed by atoms with Crippen LogP contribution in [0.2, 0.25) is 10.0 Å². The number of nitrogens with one attached hydrogen (secondary N) is 1. The molecule has 0 aromatic heterocycles. The molecule has 9 heteroatoms. The molecule has 1 aliphatic carbocycles. The minimum absolute atomic E-state index is 0.00569. The van der Waals surface area contributed by atoms with Crippen molar-refractivity contribution in [2.24, 2.45) is 0 Å². The van der Waals surface area contributed by atoms with E-state index in [9.17, 15) is 9.59 Å². The average Bonchev–Trinajstić information content (AvgIpc) is 3.08. The molecule has 3 N–H and O–H groups in total. The smallest absolute Gasteiger partial charge is 0.307 e. The van der Waals surface area contributed by atoms with Crippen molar-refractivity contribution >= 4 is 47.1 Å². The maximum Gasteiger partial charge on any atom is 0.307 e. The van der Waals surface area contributed by atoms with Crippen LogP contribution in [-0.2, 0) is 16.0 Å². The van der Waals surface area contributed by atoms with Crippen LogP contribution in [0, 0.1) is 0 Å². The van der Waals surface area contributed by atoms with Crippen molar-refractivity contribution in [1.82, 2.24) is 10.2 Å². The number of allylic oxidation sites excluding steroid dienone is 4. The first-order valence-electron chi connectivity index (χ1n) is 10.8. The van der Waals surface area contributed by atoms with Crippen LogP contribution in [0.4, 0.5) is 0 Å². The third-order valence-electron chi connectivity index (χ3n) is 5.17. The summed E-state index contributed by atoms with van der Waals surface area (Å²) in [6, 6.07) is 6.14. The van der Waals surface area contributed by atoms with Crippen LogP contribution in [0.1, 0.15) is 38.7 Å². The topological polar surface area (TPSA) is 89.9 Å². The van der Waals surface area contributed by atoms with Gasteiger partial charge in [0.1, 0.15) is 0 Å². The maximum absolute atomic E-state index is 12.4. The Morgan fingerprint density at radius 3 is 2.61 bits per heavy atom. The molecule has 3 rings (SSSR count). The number of carboxylic acids is 1. The van der Waals surface area contributed by atoms with E-state index in [1.54, 1.807) is 24.3 Å². The van der Waals surface area contributed by atoms with E-state index in [0.717, 1.165) is 30.6 Å². The van der Waals surface area contributed by atoms with Crippen LogP contribution in [0.15, 0.2) is 53.0 Å². The molecule has 1 heterocycles. The second-order valence-electron chi connectivity index (χ2n) is 8.15. The molecule has 0 saturated carbocycles. The van der Waals surface area contributed by atoms with Gasteiger partial charge >= 0.3 is 5.97 Å². The summed E-state index contributed by atoms with van der Waals surface area (Å²) in [4.78, 5) is 25.4. The fourth-order valence-corrected chi connectivity index (χ4v) is 4.29. The third-order valence-corrected chi connectivity index (χ3v) is 6.38. The zero-order valence-corrected chi connectivity index (χ0v) is 21.1. The van der Waals surface area contributed by atoms with Crippen molar-refractivity contribution in [2.75, 3.05) is 13.1 Å². The Balaban J connectivity index is 0.000000257. The Bertz CT molecular complexity index is 933. The van der Waals surface area contributed by atoms with Crippen LogP contribution in [0.25, 0.3) is 0 Å². The molecule has 33 heavy (non-hydrogen) atoms. The molecular formula is C24H30Cl2N2O4S. The fourth-order valence-electron chi connectivity index (χ4n) is 3.60. The molecule has 2 aliphatic rings. The van der Waals surface area contributed by atoms with Gasteiger partial charge in [-0.15, -0.1) is 0 Å². The highest BCUT2D eigenvalue weighted by Gasteiger charge is 2.22. The largest absolute Gasteiger partial charge is 0.481 e. The van der Waals surface area contributed by atoms with Gasteiger partial charge in [0.05, 0.1) is 22.9 Å². The van der Waals surface area contributed by atoms with Gasteiger partial charge < -0.3 is 19.9 Å². The molecule has 1 aromatic rings. The van der Waals surface area contributed by atoms with Crippen molar-refractivity contribution in [3.63, 3.8) is 0 Å². The molecule has 6 nitrogen and oxygen atoms in total. The molecule has 0 unspecified atom stereocenters. The van der Waals surface area contributed by atoms with Gasteiger partial charge in [0.2, 0.25) is 5.91 Å². The SMILES string of the molecule is C[C@@H]1CN(C(=O)Cc2ccc(Cl)c(Cl)c2)CC[C@H](C)N1.O=C(O)CC1=CCC=CC(SO)=C1. The van der Waals surface area contributed by atoms with Crippen LogP contribution < -0.4 is 5.32 Å². The molecule has 0 bridgehead atoms. The summed E-state index contributed by atoms with van der Waals surface area (Å²) in [7, 11) is 0. The van der Waals surface area contributed by atoms with Gasteiger partial charge in [0.15, 0.2) is 0 Å². The van der Waals surface area contributed by atoms with Gasteiger partial charge in [-0.2, -0.15) is 0 Å². The average molecular weight is 513 g/mol. The third kappa shape index (κ3) is 9.94. The van der Waals surface area contributed by atoms with E-state index in [-0.39, 0.29) is 12.3 Å². The van der Waals surface area contributed by atoms with Crippen molar-refractivity contribution in [3.8, 4) is 0 Å². The van der Waals surface area contributed by atoms with Crippen LogP contribution >= 0.6 is 35.2 Å². The lowest BCUT2D eigenvalue weighted by Gasteiger charge is -2.22. The number of hydrogen-bond acceptors (Lipinski definition) is 5. The van der Waals surface area contributed by atoms with Gasteiger partial charge in [0.25, 0.3) is 0 Å². The molecular weight excluding hydrogens is 483 g/mol. The molecule has 180 valence electrons. The number of benzene rings is 1. The number of rotatable bonds is 5. The lowest BCUT2D eigenvalue weighted by molar-refractivity contribution is -0.136. The minimum Gasteiger partial charge on any atom is -0.481 e. The summed E-state index contributed by atoms with van der Waals surface area (Å²) in [5.41, 5.74) is 1.64. The van der Waals surface area contributed by atoms with E-state index in [1.165, 1.54) is 0 Å². The highest BCUT2D eigenvalue weighted by molar-refractivity contribution is 7.97. The normalized spacial score (nSPS) is 20.6. The van der Waals surface area contributed by atoms with Crippen molar-refractivity contribution in [2.45, 2.75) is 51.6 Å². The van der Waals surface area contributed by atoms with Gasteiger partial charge in [-0.05, 0) is 62.1 Å². The summed E-state index contributed by atoms with van der Waals surface area (Å²) in [5.74, 6) is -0.710. The molecule has 1 saturated heterocycles. The number of carbonyl (C=O) groups excluding carboxylic acids is 1. The maximum atomic E-state index is 12.4. The van der Waals surface area contributed by atoms with Gasteiger partial charge in [-0.3, -0.25) is 9.59 Å². The Morgan fingerprint density at radius 2 is 1.94 bits per heavy atom. The molecule has 1 fully saturated rings. The predicted molar refractivity (Wildman–Crippen MR) is 136 cm³/mol. The number of amides is 1. The Morgan fingerprint density at radius 1 is 1.18 bits per heavy atom. The van der Waals surface area contributed by atoms with E-state index < -0.39 is 5.97 Å². The molecule has 0 spiro atoms. The first-order valence-corrected chi connectivity index (χ1v) is 12.3. The first-order chi connectivity index (χ1) is 15.7. The first kappa shape index (κ1) is 27.5. The lowest BCUT2D eigenvalue weighted by Crippen LogP contribution is -2.40. The van der Waals surface area contributed by atoms with Crippen molar-refractivity contribution in [3.05, 3.63) is 68.6 Å². The molecule has 0 radical (unpaired) electrons. The lowest BCUT2D eigenvalue weighted by atomic mass is 10.1. The second kappa shape index (κ2) is 13.8.